The number of methoxy groups -OCH3 is 1. The number of nitrogens with zero attached hydrogens (tertiary/aromatic N) is 2. The zero-order chi connectivity index (χ0) is 22.4. The number of pyridine rings is 1. The van der Waals surface area contributed by atoms with Crippen LogP contribution in [0.3, 0.4) is 0 Å². The standard InChI is InChI=1S/C25H23FN2O4/c1-32-22-10-15(12-27-23(22)24(29)18-11-19(18)25(30)31)28(13-14-6-7-14)21-9-8-20(26)16-4-2-3-5-17(16)21/h2-5,8-10,12,14,18-19H,6-7,11,13H2,1H3,(H,30,31). The zero-order valence-corrected chi connectivity index (χ0v) is 17.6. The maximum Gasteiger partial charge on any atom is 0.307 e. The van der Waals surface area contributed by atoms with Crippen molar-refractivity contribution in [3.8, 4) is 5.75 Å². The first-order valence-corrected chi connectivity index (χ1v) is 10.7. The van der Waals surface area contributed by atoms with Gasteiger partial charge in [0.25, 0.3) is 0 Å². The molecule has 0 saturated heterocycles. The molecule has 2 aliphatic rings. The fourth-order valence-corrected chi connectivity index (χ4v) is 4.24. The van der Waals surface area contributed by atoms with Crippen LogP contribution in [0.1, 0.15) is 29.8 Å². The van der Waals surface area contributed by atoms with Crippen LogP contribution in [-0.2, 0) is 4.79 Å². The summed E-state index contributed by atoms with van der Waals surface area (Å²) in [5.41, 5.74) is 1.76. The number of carboxylic acid groups (broad SMARTS) is 1. The van der Waals surface area contributed by atoms with Crippen LogP contribution in [-0.4, -0.2) is 35.5 Å². The Labute approximate surface area is 184 Å². The van der Waals surface area contributed by atoms with E-state index in [2.05, 4.69) is 9.88 Å². The number of carboxylic acids is 1. The Hall–Kier alpha value is -3.48. The number of hydrogen-bond acceptors (Lipinski definition) is 5. The lowest BCUT2D eigenvalue weighted by molar-refractivity contribution is -0.138. The van der Waals surface area contributed by atoms with Gasteiger partial charge in [-0.2, -0.15) is 0 Å². The molecule has 0 spiro atoms. The SMILES string of the molecule is COc1cc(N(CC2CC2)c2ccc(F)c3ccccc23)cnc1C(=O)C1CC1C(=O)O. The summed E-state index contributed by atoms with van der Waals surface area (Å²) in [6.45, 7) is 0.747. The van der Waals surface area contributed by atoms with Crippen molar-refractivity contribution in [3.63, 3.8) is 0 Å². The molecule has 1 heterocycles. The van der Waals surface area contributed by atoms with Crippen molar-refractivity contribution in [1.82, 2.24) is 4.98 Å². The molecule has 5 rings (SSSR count). The molecule has 2 aromatic carbocycles. The van der Waals surface area contributed by atoms with E-state index in [4.69, 9.17) is 9.84 Å². The third-order valence-corrected chi connectivity index (χ3v) is 6.32. The maximum atomic E-state index is 14.4. The monoisotopic (exact) mass is 434 g/mol. The van der Waals surface area contributed by atoms with Gasteiger partial charge in [0.05, 0.1) is 24.9 Å². The smallest absolute Gasteiger partial charge is 0.307 e. The predicted octanol–water partition coefficient (Wildman–Crippen LogP) is 4.83. The molecule has 7 heteroatoms. The van der Waals surface area contributed by atoms with E-state index in [0.717, 1.165) is 36.1 Å². The molecule has 0 amide bonds. The maximum absolute atomic E-state index is 14.4. The first-order chi connectivity index (χ1) is 15.5. The number of ketones is 1. The van der Waals surface area contributed by atoms with Crippen molar-refractivity contribution in [1.29, 1.82) is 0 Å². The number of carbonyl (C=O) groups excluding carboxylic acids is 1. The molecule has 0 radical (unpaired) electrons. The Morgan fingerprint density at radius 3 is 2.56 bits per heavy atom. The van der Waals surface area contributed by atoms with E-state index in [0.29, 0.717) is 23.5 Å². The average Bonchev–Trinajstić information content (AvgIpc) is 3.72. The third-order valence-electron chi connectivity index (χ3n) is 6.32. The number of fused-ring (bicyclic) bond motifs is 1. The second kappa shape index (κ2) is 7.89. The van der Waals surface area contributed by atoms with Crippen molar-refractivity contribution < 1.29 is 23.8 Å². The highest BCUT2D eigenvalue weighted by molar-refractivity contribution is 6.03. The Bertz CT molecular complexity index is 1220. The van der Waals surface area contributed by atoms with Gasteiger partial charge in [-0.15, -0.1) is 0 Å². The Morgan fingerprint density at radius 2 is 1.91 bits per heavy atom. The van der Waals surface area contributed by atoms with Crippen molar-refractivity contribution >= 4 is 33.9 Å². The molecule has 6 nitrogen and oxygen atoms in total. The summed E-state index contributed by atoms with van der Waals surface area (Å²) >= 11 is 0. The Kier molecular flexibility index (Phi) is 5.04. The summed E-state index contributed by atoms with van der Waals surface area (Å²) < 4.78 is 19.9. The molecule has 1 N–H and O–H groups in total. The number of Topliss-reactive ketones (excluding diaryl/α,β-unsaturated/α-hetero) is 1. The Morgan fingerprint density at radius 1 is 1.16 bits per heavy atom. The fourth-order valence-electron chi connectivity index (χ4n) is 4.24. The van der Waals surface area contributed by atoms with Gasteiger partial charge in [-0.25, -0.2) is 9.37 Å². The van der Waals surface area contributed by atoms with Crippen LogP contribution < -0.4 is 9.64 Å². The second-order valence-electron chi connectivity index (χ2n) is 8.56. The number of anilines is 2. The molecule has 2 atom stereocenters. The number of hydrogen-bond donors (Lipinski definition) is 1. The molecule has 2 fully saturated rings. The topological polar surface area (TPSA) is 79.7 Å². The molecule has 32 heavy (non-hydrogen) atoms. The number of halogens is 1. The molecular formula is C25H23FN2O4. The molecule has 164 valence electrons. The first kappa shape index (κ1) is 20.4. The first-order valence-electron chi connectivity index (χ1n) is 10.7. The van der Waals surface area contributed by atoms with Crippen LogP contribution in [0.5, 0.6) is 5.75 Å². The molecule has 0 bridgehead atoms. The van der Waals surface area contributed by atoms with E-state index in [1.165, 1.54) is 13.2 Å². The van der Waals surface area contributed by atoms with Gasteiger partial charge in [0, 0.05) is 35.0 Å². The fraction of sp³-hybridized carbons (Fsp3) is 0.320. The van der Waals surface area contributed by atoms with E-state index in [1.54, 1.807) is 24.4 Å². The van der Waals surface area contributed by atoms with Gasteiger partial charge in [0.2, 0.25) is 0 Å². The number of ether oxygens (including phenoxy) is 1. The van der Waals surface area contributed by atoms with Crippen LogP contribution in [0, 0.1) is 23.6 Å². The largest absolute Gasteiger partial charge is 0.494 e. The number of carbonyl (C=O) groups is 2. The van der Waals surface area contributed by atoms with E-state index < -0.39 is 17.8 Å². The van der Waals surface area contributed by atoms with Crippen LogP contribution in [0.25, 0.3) is 10.8 Å². The minimum atomic E-state index is -0.960. The molecule has 2 unspecified atom stereocenters. The highest BCUT2D eigenvalue weighted by Gasteiger charge is 2.49. The van der Waals surface area contributed by atoms with Gasteiger partial charge in [0.1, 0.15) is 17.3 Å². The molecule has 1 aromatic heterocycles. The van der Waals surface area contributed by atoms with Crippen LogP contribution >= 0.6 is 0 Å². The number of aliphatic carboxylic acids is 1. The molecule has 2 aliphatic carbocycles. The molecule has 2 saturated carbocycles. The zero-order valence-electron chi connectivity index (χ0n) is 17.6. The molecular weight excluding hydrogens is 411 g/mol. The van der Waals surface area contributed by atoms with E-state index >= 15 is 0 Å². The van der Waals surface area contributed by atoms with Gasteiger partial charge >= 0.3 is 5.97 Å². The average molecular weight is 434 g/mol. The summed E-state index contributed by atoms with van der Waals surface area (Å²) in [6.07, 6.45) is 4.22. The van der Waals surface area contributed by atoms with Gasteiger partial charge < -0.3 is 14.7 Å². The van der Waals surface area contributed by atoms with Crippen molar-refractivity contribution in [2.45, 2.75) is 19.3 Å². The predicted molar refractivity (Wildman–Crippen MR) is 118 cm³/mol. The number of benzene rings is 2. The van der Waals surface area contributed by atoms with Gasteiger partial charge in [-0.3, -0.25) is 9.59 Å². The van der Waals surface area contributed by atoms with Crippen molar-refractivity contribution in [2.75, 3.05) is 18.6 Å². The summed E-state index contributed by atoms with van der Waals surface area (Å²) in [6, 6.07) is 12.4. The summed E-state index contributed by atoms with van der Waals surface area (Å²) in [5, 5.41) is 10.5. The summed E-state index contributed by atoms with van der Waals surface area (Å²) in [4.78, 5) is 30.4. The lowest BCUT2D eigenvalue weighted by atomic mass is 10.1. The van der Waals surface area contributed by atoms with E-state index in [1.807, 2.05) is 18.2 Å². The Balaban J connectivity index is 1.54. The van der Waals surface area contributed by atoms with Crippen molar-refractivity contribution in [3.05, 3.63) is 60.2 Å². The minimum Gasteiger partial charge on any atom is -0.494 e. The normalized spacial score (nSPS) is 19.6. The number of rotatable bonds is 8. The lowest BCUT2D eigenvalue weighted by Gasteiger charge is -2.27. The highest BCUT2D eigenvalue weighted by atomic mass is 19.1. The lowest BCUT2D eigenvalue weighted by Crippen LogP contribution is -2.21. The van der Waals surface area contributed by atoms with Crippen LogP contribution in [0.2, 0.25) is 0 Å². The van der Waals surface area contributed by atoms with E-state index in [9.17, 15) is 14.0 Å². The van der Waals surface area contributed by atoms with E-state index in [-0.39, 0.29) is 17.3 Å². The summed E-state index contributed by atoms with van der Waals surface area (Å²) in [7, 11) is 1.47. The molecule has 0 aliphatic heterocycles. The molecule has 3 aromatic rings. The minimum absolute atomic E-state index is 0.153. The quantitative estimate of drug-likeness (QED) is 0.512. The number of aromatic nitrogens is 1. The summed E-state index contributed by atoms with van der Waals surface area (Å²) in [5.74, 6) is -1.89. The van der Waals surface area contributed by atoms with Crippen LogP contribution in [0.4, 0.5) is 15.8 Å². The van der Waals surface area contributed by atoms with Crippen LogP contribution in [0.15, 0.2) is 48.7 Å². The highest BCUT2D eigenvalue weighted by Crippen LogP contribution is 2.43. The third kappa shape index (κ3) is 3.68. The van der Waals surface area contributed by atoms with Gasteiger partial charge in [0.15, 0.2) is 5.78 Å². The van der Waals surface area contributed by atoms with Gasteiger partial charge in [-0.05, 0) is 37.3 Å². The van der Waals surface area contributed by atoms with Crippen molar-refractivity contribution in [2.24, 2.45) is 17.8 Å². The second-order valence-corrected chi connectivity index (χ2v) is 8.56. The van der Waals surface area contributed by atoms with Gasteiger partial charge in [-0.1, -0.05) is 24.3 Å².